The SMILES string of the molecule is CCC[C@H]1CC[C@H](c2ccc(-c3cc(F)c(-c4noc(C(F)(F)F)n4)c(F)c3)cc2)CC1. The molecule has 0 unspecified atom stereocenters. The molecule has 1 aliphatic rings. The average Bonchev–Trinajstić information content (AvgIpc) is 3.24. The molecule has 1 heterocycles. The molecule has 0 radical (unpaired) electrons. The lowest BCUT2D eigenvalue weighted by Crippen LogP contribution is -2.13. The maximum absolute atomic E-state index is 14.6. The van der Waals surface area contributed by atoms with Gasteiger partial charge in [0.1, 0.15) is 11.6 Å². The van der Waals surface area contributed by atoms with Crippen molar-refractivity contribution in [2.75, 3.05) is 0 Å². The first kappa shape index (κ1) is 22.4. The molecule has 1 aliphatic carbocycles. The average molecular weight is 450 g/mol. The van der Waals surface area contributed by atoms with E-state index in [1.54, 1.807) is 0 Å². The van der Waals surface area contributed by atoms with Gasteiger partial charge in [0.15, 0.2) is 0 Å². The Morgan fingerprint density at radius 3 is 2.09 bits per heavy atom. The first-order chi connectivity index (χ1) is 15.3. The lowest BCUT2D eigenvalue weighted by Gasteiger charge is -2.28. The molecule has 0 atom stereocenters. The summed E-state index contributed by atoms with van der Waals surface area (Å²) in [5.74, 6) is -3.26. The summed E-state index contributed by atoms with van der Waals surface area (Å²) in [5.41, 5.74) is 1.35. The van der Waals surface area contributed by atoms with Gasteiger partial charge in [-0.05, 0) is 66.3 Å². The van der Waals surface area contributed by atoms with E-state index in [1.165, 1.54) is 31.2 Å². The van der Waals surface area contributed by atoms with Crippen molar-refractivity contribution in [2.24, 2.45) is 5.92 Å². The summed E-state index contributed by atoms with van der Waals surface area (Å²) in [6.45, 7) is 2.21. The maximum atomic E-state index is 14.6. The molecule has 0 bridgehead atoms. The number of alkyl halides is 3. The molecule has 1 saturated carbocycles. The molecule has 8 heteroatoms. The van der Waals surface area contributed by atoms with Crippen LogP contribution in [0.15, 0.2) is 40.9 Å². The highest BCUT2D eigenvalue weighted by Crippen LogP contribution is 2.38. The monoisotopic (exact) mass is 450 g/mol. The van der Waals surface area contributed by atoms with E-state index in [0.717, 1.165) is 30.9 Å². The molecule has 170 valence electrons. The fraction of sp³-hybridized carbons (Fsp3) is 0.417. The molecule has 4 rings (SSSR count). The number of aromatic nitrogens is 2. The fourth-order valence-electron chi connectivity index (χ4n) is 4.53. The van der Waals surface area contributed by atoms with Gasteiger partial charge in [0, 0.05) is 0 Å². The van der Waals surface area contributed by atoms with Gasteiger partial charge < -0.3 is 4.52 Å². The van der Waals surface area contributed by atoms with Crippen LogP contribution in [0.2, 0.25) is 0 Å². The third-order valence-corrected chi connectivity index (χ3v) is 6.19. The molecule has 0 spiro atoms. The Balaban J connectivity index is 1.53. The predicted octanol–water partition coefficient (Wildman–Crippen LogP) is 7.77. The molecular weight excluding hydrogens is 427 g/mol. The summed E-state index contributed by atoms with van der Waals surface area (Å²) in [5, 5.41) is 3.07. The van der Waals surface area contributed by atoms with Crippen LogP contribution >= 0.6 is 0 Å². The van der Waals surface area contributed by atoms with Gasteiger partial charge in [0.25, 0.3) is 0 Å². The van der Waals surface area contributed by atoms with E-state index in [-0.39, 0.29) is 5.56 Å². The van der Waals surface area contributed by atoms with Crippen molar-refractivity contribution in [1.82, 2.24) is 10.1 Å². The zero-order chi connectivity index (χ0) is 22.9. The summed E-state index contributed by atoms with van der Waals surface area (Å²) in [6.07, 6.45) is 2.34. The topological polar surface area (TPSA) is 38.9 Å². The molecule has 3 nitrogen and oxygen atoms in total. The van der Waals surface area contributed by atoms with Crippen LogP contribution in [0.3, 0.4) is 0 Å². The third kappa shape index (κ3) is 4.69. The van der Waals surface area contributed by atoms with Gasteiger partial charge in [-0.2, -0.15) is 18.2 Å². The van der Waals surface area contributed by atoms with E-state index in [1.807, 2.05) is 24.3 Å². The van der Waals surface area contributed by atoms with E-state index < -0.39 is 35.1 Å². The molecule has 0 saturated heterocycles. The molecule has 3 aromatic rings. The van der Waals surface area contributed by atoms with Crippen LogP contribution in [0, 0.1) is 17.6 Å². The number of halogens is 5. The van der Waals surface area contributed by atoms with E-state index in [4.69, 9.17) is 0 Å². The zero-order valence-electron chi connectivity index (χ0n) is 17.6. The molecule has 0 amide bonds. The summed E-state index contributed by atoms with van der Waals surface area (Å²) in [6, 6.07) is 9.73. The predicted molar refractivity (Wildman–Crippen MR) is 110 cm³/mol. The second-order valence-corrected chi connectivity index (χ2v) is 8.36. The molecule has 2 aromatic carbocycles. The Kier molecular flexibility index (Phi) is 6.31. The number of nitrogens with zero attached hydrogens (tertiary/aromatic N) is 2. The van der Waals surface area contributed by atoms with Gasteiger partial charge in [-0.25, -0.2) is 8.78 Å². The summed E-state index contributed by atoms with van der Waals surface area (Å²) >= 11 is 0. The number of hydrogen-bond acceptors (Lipinski definition) is 3. The van der Waals surface area contributed by atoms with Crippen molar-refractivity contribution in [2.45, 2.75) is 57.5 Å². The summed E-state index contributed by atoms with van der Waals surface area (Å²) in [7, 11) is 0. The Hall–Kier alpha value is -2.77. The molecule has 1 aromatic heterocycles. The Morgan fingerprint density at radius 2 is 1.56 bits per heavy atom. The van der Waals surface area contributed by atoms with Crippen molar-refractivity contribution in [3.63, 3.8) is 0 Å². The van der Waals surface area contributed by atoms with Crippen LogP contribution in [-0.2, 0) is 6.18 Å². The lowest BCUT2D eigenvalue weighted by atomic mass is 9.77. The van der Waals surface area contributed by atoms with Crippen LogP contribution in [0.5, 0.6) is 0 Å². The van der Waals surface area contributed by atoms with Crippen LogP contribution in [0.25, 0.3) is 22.5 Å². The van der Waals surface area contributed by atoms with E-state index in [9.17, 15) is 22.0 Å². The first-order valence-electron chi connectivity index (χ1n) is 10.8. The molecular formula is C24H23F5N2O. The standard InChI is InChI=1S/C24H23F5N2O/c1-2-3-14-4-6-15(7-5-14)16-8-10-17(11-9-16)18-12-19(25)21(20(26)13-18)22-30-23(32-31-22)24(27,28)29/h8-15H,2-7H2,1H3/t14-,15-. The van der Waals surface area contributed by atoms with E-state index >= 15 is 0 Å². The van der Waals surface area contributed by atoms with Crippen LogP contribution in [0.1, 0.15) is 62.8 Å². The number of benzene rings is 2. The minimum Gasteiger partial charge on any atom is -0.329 e. The van der Waals surface area contributed by atoms with Crippen molar-refractivity contribution < 1.29 is 26.5 Å². The molecule has 1 fully saturated rings. The van der Waals surface area contributed by atoms with Gasteiger partial charge in [0.05, 0.1) is 5.56 Å². The van der Waals surface area contributed by atoms with Gasteiger partial charge >= 0.3 is 12.1 Å². The Labute approximate surface area is 182 Å². The van der Waals surface area contributed by atoms with E-state index in [2.05, 4.69) is 21.6 Å². The second-order valence-electron chi connectivity index (χ2n) is 8.36. The fourth-order valence-corrected chi connectivity index (χ4v) is 4.53. The highest BCUT2D eigenvalue weighted by atomic mass is 19.4. The zero-order valence-corrected chi connectivity index (χ0v) is 17.6. The Morgan fingerprint density at radius 1 is 0.938 bits per heavy atom. The van der Waals surface area contributed by atoms with Crippen LogP contribution in [0.4, 0.5) is 22.0 Å². The normalized spacial score (nSPS) is 19.3. The highest BCUT2D eigenvalue weighted by Gasteiger charge is 2.39. The quantitative estimate of drug-likeness (QED) is 0.373. The summed E-state index contributed by atoms with van der Waals surface area (Å²) in [4.78, 5) is 3.07. The Bertz CT molecular complexity index is 1040. The highest BCUT2D eigenvalue weighted by molar-refractivity contribution is 5.69. The van der Waals surface area contributed by atoms with Gasteiger partial charge in [-0.3, -0.25) is 0 Å². The van der Waals surface area contributed by atoms with Crippen molar-refractivity contribution in [1.29, 1.82) is 0 Å². The minimum absolute atomic E-state index is 0.279. The smallest absolute Gasteiger partial charge is 0.329 e. The lowest BCUT2D eigenvalue weighted by molar-refractivity contribution is -0.159. The van der Waals surface area contributed by atoms with Crippen LogP contribution < -0.4 is 0 Å². The van der Waals surface area contributed by atoms with Crippen molar-refractivity contribution in [3.05, 3.63) is 59.5 Å². The largest absolute Gasteiger partial charge is 0.471 e. The summed E-state index contributed by atoms with van der Waals surface area (Å²) < 4.78 is 71.2. The maximum Gasteiger partial charge on any atom is 0.471 e. The van der Waals surface area contributed by atoms with Gasteiger partial charge in [0.2, 0.25) is 5.82 Å². The molecule has 32 heavy (non-hydrogen) atoms. The van der Waals surface area contributed by atoms with Gasteiger partial charge in [-0.1, -0.05) is 49.2 Å². The van der Waals surface area contributed by atoms with E-state index in [0.29, 0.717) is 11.5 Å². The molecule has 0 N–H and O–H groups in total. The third-order valence-electron chi connectivity index (χ3n) is 6.19. The second kappa shape index (κ2) is 9.00. The first-order valence-corrected chi connectivity index (χ1v) is 10.8. The van der Waals surface area contributed by atoms with Crippen LogP contribution in [-0.4, -0.2) is 10.1 Å². The van der Waals surface area contributed by atoms with Crippen molar-refractivity contribution >= 4 is 0 Å². The van der Waals surface area contributed by atoms with Crippen molar-refractivity contribution in [3.8, 4) is 22.5 Å². The molecule has 0 aliphatic heterocycles. The number of hydrogen-bond donors (Lipinski definition) is 0. The van der Waals surface area contributed by atoms with Gasteiger partial charge in [-0.15, -0.1) is 0 Å². The number of rotatable bonds is 5. The minimum atomic E-state index is -4.89.